The third-order valence-corrected chi connectivity index (χ3v) is 2.39. The van der Waals surface area contributed by atoms with Gasteiger partial charge in [-0.15, -0.1) is 0 Å². The average molecular weight is 222 g/mol. The zero-order valence-electron chi connectivity index (χ0n) is 9.86. The lowest BCUT2D eigenvalue weighted by atomic mass is 10.1. The molecule has 1 aromatic rings. The Balaban J connectivity index is 2.78. The van der Waals surface area contributed by atoms with E-state index < -0.39 is 6.04 Å². The second-order valence-corrected chi connectivity index (χ2v) is 3.78. The molecule has 1 rings (SSSR count). The molecule has 1 aromatic carbocycles. The van der Waals surface area contributed by atoms with Crippen LogP contribution in [-0.4, -0.2) is 19.1 Å². The molecule has 4 heteroatoms. The minimum atomic E-state index is -0.511. The summed E-state index contributed by atoms with van der Waals surface area (Å²) in [6, 6.07) is 7.03. The predicted molar refractivity (Wildman–Crippen MR) is 64.1 cm³/mol. The summed E-state index contributed by atoms with van der Waals surface area (Å²) in [4.78, 5) is 11.4. The molecule has 16 heavy (non-hydrogen) atoms. The third kappa shape index (κ3) is 3.32. The number of anilines is 1. The molecule has 0 heterocycles. The van der Waals surface area contributed by atoms with Gasteiger partial charge in [0.2, 0.25) is 5.91 Å². The van der Waals surface area contributed by atoms with Gasteiger partial charge in [-0.25, -0.2) is 0 Å². The molecule has 0 bridgehead atoms. The van der Waals surface area contributed by atoms with Gasteiger partial charge in [0, 0.05) is 12.8 Å². The first-order valence-corrected chi connectivity index (χ1v) is 5.23. The number of hydrogen-bond acceptors (Lipinski definition) is 3. The number of benzene rings is 1. The SMILES string of the molecule is COC(C)c1cccc(NC(=O)[C@H](C)N)c1. The van der Waals surface area contributed by atoms with Gasteiger partial charge in [0.05, 0.1) is 12.1 Å². The number of amides is 1. The van der Waals surface area contributed by atoms with Crippen molar-refractivity contribution in [3.8, 4) is 0 Å². The summed E-state index contributed by atoms with van der Waals surface area (Å²) in [5, 5.41) is 2.74. The van der Waals surface area contributed by atoms with Gasteiger partial charge < -0.3 is 15.8 Å². The van der Waals surface area contributed by atoms with Crippen LogP contribution in [0.5, 0.6) is 0 Å². The maximum atomic E-state index is 11.4. The quantitative estimate of drug-likeness (QED) is 0.814. The minimum absolute atomic E-state index is 0.00662. The molecule has 0 saturated heterocycles. The van der Waals surface area contributed by atoms with Crippen LogP contribution in [-0.2, 0) is 9.53 Å². The second-order valence-electron chi connectivity index (χ2n) is 3.78. The molecule has 0 fully saturated rings. The van der Waals surface area contributed by atoms with Crippen LogP contribution >= 0.6 is 0 Å². The summed E-state index contributed by atoms with van der Waals surface area (Å²) >= 11 is 0. The maximum Gasteiger partial charge on any atom is 0.240 e. The van der Waals surface area contributed by atoms with E-state index in [0.29, 0.717) is 0 Å². The van der Waals surface area contributed by atoms with Crippen molar-refractivity contribution in [1.82, 2.24) is 0 Å². The number of carbonyl (C=O) groups is 1. The summed E-state index contributed by atoms with van der Waals surface area (Å²) in [6.45, 7) is 3.60. The van der Waals surface area contributed by atoms with Crippen molar-refractivity contribution in [2.45, 2.75) is 26.0 Å². The third-order valence-electron chi connectivity index (χ3n) is 2.39. The monoisotopic (exact) mass is 222 g/mol. The van der Waals surface area contributed by atoms with Gasteiger partial charge in [-0.3, -0.25) is 4.79 Å². The molecule has 88 valence electrons. The Bertz CT molecular complexity index is 364. The summed E-state index contributed by atoms with van der Waals surface area (Å²) in [6.07, 6.45) is 0.00662. The number of nitrogens with one attached hydrogen (secondary N) is 1. The van der Waals surface area contributed by atoms with Crippen molar-refractivity contribution in [2.24, 2.45) is 5.73 Å². The number of rotatable bonds is 4. The van der Waals surface area contributed by atoms with Crippen molar-refractivity contribution in [3.05, 3.63) is 29.8 Å². The smallest absolute Gasteiger partial charge is 0.240 e. The fraction of sp³-hybridized carbons (Fsp3) is 0.417. The highest BCUT2D eigenvalue weighted by molar-refractivity contribution is 5.94. The molecule has 0 aromatic heterocycles. The topological polar surface area (TPSA) is 64.3 Å². The average Bonchev–Trinajstić information content (AvgIpc) is 2.28. The van der Waals surface area contributed by atoms with Crippen LogP contribution < -0.4 is 11.1 Å². The van der Waals surface area contributed by atoms with Gasteiger partial charge in [0.1, 0.15) is 0 Å². The largest absolute Gasteiger partial charge is 0.377 e. The first-order chi connectivity index (χ1) is 7.54. The first-order valence-electron chi connectivity index (χ1n) is 5.23. The molecule has 2 atom stereocenters. The van der Waals surface area contributed by atoms with Gasteiger partial charge in [-0.05, 0) is 31.5 Å². The molecule has 3 N–H and O–H groups in total. The fourth-order valence-corrected chi connectivity index (χ4v) is 1.26. The highest BCUT2D eigenvalue weighted by Crippen LogP contribution is 2.19. The van der Waals surface area contributed by atoms with Crippen LogP contribution in [0, 0.1) is 0 Å². The Kier molecular flexibility index (Phi) is 4.46. The molecule has 0 aliphatic heterocycles. The van der Waals surface area contributed by atoms with Crippen LogP contribution in [0.25, 0.3) is 0 Å². The van der Waals surface area contributed by atoms with E-state index >= 15 is 0 Å². The van der Waals surface area contributed by atoms with Gasteiger partial charge in [-0.1, -0.05) is 12.1 Å². The van der Waals surface area contributed by atoms with E-state index in [1.54, 1.807) is 14.0 Å². The fourth-order valence-electron chi connectivity index (χ4n) is 1.26. The Labute approximate surface area is 95.8 Å². The Morgan fingerprint density at radius 3 is 2.69 bits per heavy atom. The summed E-state index contributed by atoms with van der Waals surface area (Å²) in [5.74, 6) is -0.192. The molecule has 0 aliphatic rings. The highest BCUT2D eigenvalue weighted by atomic mass is 16.5. The molecule has 0 spiro atoms. The second kappa shape index (κ2) is 5.63. The van der Waals surface area contributed by atoms with Crippen molar-refractivity contribution in [3.63, 3.8) is 0 Å². The lowest BCUT2D eigenvalue weighted by molar-refractivity contribution is -0.117. The molecule has 0 saturated carbocycles. The molecular formula is C12H18N2O2. The lowest BCUT2D eigenvalue weighted by Crippen LogP contribution is -2.32. The van der Waals surface area contributed by atoms with Crippen LogP contribution in [0.15, 0.2) is 24.3 Å². The van der Waals surface area contributed by atoms with E-state index in [4.69, 9.17) is 10.5 Å². The Morgan fingerprint density at radius 2 is 2.12 bits per heavy atom. The molecule has 1 amide bonds. The number of nitrogens with two attached hydrogens (primary N) is 1. The minimum Gasteiger partial charge on any atom is -0.377 e. The summed E-state index contributed by atoms with van der Waals surface area (Å²) in [7, 11) is 1.65. The number of methoxy groups -OCH3 is 1. The van der Waals surface area contributed by atoms with Crippen molar-refractivity contribution >= 4 is 11.6 Å². The van der Waals surface area contributed by atoms with Gasteiger partial charge in [0.15, 0.2) is 0 Å². The first kappa shape index (κ1) is 12.7. The Hall–Kier alpha value is -1.39. The van der Waals surface area contributed by atoms with Crippen LogP contribution in [0.3, 0.4) is 0 Å². The summed E-state index contributed by atoms with van der Waals surface area (Å²) in [5.41, 5.74) is 7.23. The molecule has 4 nitrogen and oxygen atoms in total. The molecule has 0 radical (unpaired) electrons. The molecule has 0 aliphatic carbocycles. The standard InChI is InChI=1S/C12H18N2O2/c1-8(13)12(15)14-11-6-4-5-10(7-11)9(2)16-3/h4-9H,13H2,1-3H3,(H,14,15)/t8-,9?/m0/s1. The highest BCUT2D eigenvalue weighted by Gasteiger charge is 2.09. The van der Waals surface area contributed by atoms with E-state index in [-0.39, 0.29) is 12.0 Å². The van der Waals surface area contributed by atoms with Crippen molar-refractivity contribution < 1.29 is 9.53 Å². The molecule has 1 unspecified atom stereocenters. The lowest BCUT2D eigenvalue weighted by Gasteiger charge is -2.12. The number of hydrogen-bond donors (Lipinski definition) is 2. The predicted octanol–water partition coefficient (Wildman–Crippen LogP) is 1.68. The van der Waals surface area contributed by atoms with Crippen LogP contribution in [0.2, 0.25) is 0 Å². The summed E-state index contributed by atoms with van der Waals surface area (Å²) < 4.78 is 5.21. The van der Waals surface area contributed by atoms with Crippen LogP contribution in [0.1, 0.15) is 25.5 Å². The van der Waals surface area contributed by atoms with Crippen molar-refractivity contribution in [1.29, 1.82) is 0 Å². The number of ether oxygens (including phenoxy) is 1. The molecular weight excluding hydrogens is 204 g/mol. The van der Waals surface area contributed by atoms with Gasteiger partial charge >= 0.3 is 0 Å². The van der Waals surface area contributed by atoms with E-state index in [2.05, 4.69) is 5.32 Å². The van der Waals surface area contributed by atoms with E-state index in [9.17, 15) is 4.79 Å². The van der Waals surface area contributed by atoms with E-state index in [1.165, 1.54) is 0 Å². The maximum absolute atomic E-state index is 11.4. The Morgan fingerprint density at radius 1 is 1.44 bits per heavy atom. The van der Waals surface area contributed by atoms with Crippen molar-refractivity contribution in [2.75, 3.05) is 12.4 Å². The normalized spacial score (nSPS) is 14.2. The van der Waals surface area contributed by atoms with Crippen LogP contribution in [0.4, 0.5) is 5.69 Å². The zero-order chi connectivity index (χ0) is 12.1. The zero-order valence-corrected chi connectivity index (χ0v) is 9.86. The van der Waals surface area contributed by atoms with Gasteiger partial charge in [0.25, 0.3) is 0 Å². The van der Waals surface area contributed by atoms with E-state index in [0.717, 1.165) is 11.3 Å². The van der Waals surface area contributed by atoms with E-state index in [1.807, 2.05) is 31.2 Å². The van der Waals surface area contributed by atoms with Gasteiger partial charge in [-0.2, -0.15) is 0 Å². The number of carbonyl (C=O) groups excluding carboxylic acids is 1.